The Kier molecular flexibility index (Phi) is 8.16. The summed E-state index contributed by atoms with van der Waals surface area (Å²) in [6.45, 7) is 8.01. The first-order valence-corrected chi connectivity index (χ1v) is 12.5. The number of rotatable bonds is 8. The number of anilines is 1. The SMILES string of the molecule is CC(C)CN1CCOC(CNC(=O)c2cccc(S(=O)(=O)N(C)c3cccc(Cl)c3)c2)C1. The molecular weight excluding hydrogens is 450 g/mol. The molecule has 7 nitrogen and oxygen atoms in total. The van der Waals surface area contributed by atoms with Gasteiger partial charge >= 0.3 is 0 Å². The molecule has 1 atom stereocenters. The summed E-state index contributed by atoms with van der Waals surface area (Å²) in [4.78, 5) is 15.1. The maximum Gasteiger partial charge on any atom is 0.264 e. The van der Waals surface area contributed by atoms with Crippen LogP contribution in [0.25, 0.3) is 0 Å². The number of sulfonamides is 1. The fraction of sp³-hybridized carbons (Fsp3) is 0.435. The quantitative estimate of drug-likeness (QED) is 0.628. The first kappa shape index (κ1) is 24.5. The van der Waals surface area contributed by atoms with Gasteiger partial charge in [-0.2, -0.15) is 0 Å². The summed E-state index contributed by atoms with van der Waals surface area (Å²) in [5, 5.41) is 3.31. The van der Waals surface area contributed by atoms with Gasteiger partial charge in [-0.1, -0.05) is 37.6 Å². The number of hydrogen-bond donors (Lipinski definition) is 1. The number of hydrogen-bond acceptors (Lipinski definition) is 5. The largest absolute Gasteiger partial charge is 0.374 e. The van der Waals surface area contributed by atoms with E-state index in [1.807, 2.05) is 0 Å². The second kappa shape index (κ2) is 10.7. The average Bonchev–Trinajstić information content (AvgIpc) is 2.77. The van der Waals surface area contributed by atoms with E-state index in [4.69, 9.17) is 16.3 Å². The molecular formula is C23H30ClN3O4S. The molecule has 0 radical (unpaired) electrons. The van der Waals surface area contributed by atoms with Gasteiger partial charge in [0.2, 0.25) is 0 Å². The molecule has 1 amide bonds. The molecule has 1 heterocycles. The van der Waals surface area contributed by atoms with Crippen molar-refractivity contribution in [3.8, 4) is 0 Å². The predicted octanol–water partition coefficient (Wildman–Crippen LogP) is 3.25. The normalized spacial score (nSPS) is 17.3. The topological polar surface area (TPSA) is 79.0 Å². The fourth-order valence-electron chi connectivity index (χ4n) is 3.66. The van der Waals surface area contributed by atoms with Crippen LogP contribution in [-0.4, -0.2) is 65.2 Å². The van der Waals surface area contributed by atoms with Crippen LogP contribution in [0.4, 0.5) is 5.69 Å². The monoisotopic (exact) mass is 479 g/mol. The first-order chi connectivity index (χ1) is 15.2. The molecule has 0 bridgehead atoms. The minimum atomic E-state index is -3.86. The number of carbonyl (C=O) groups excluding carboxylic acids is 1. The molecule has 1 saturated heterocycles. The Bertz CT molecular complexity index is 1050. The summed E-state index contributed by atoms with van der Waals surface area (Å²) in [7, 11) is -2.40. The summed E-state index contributed by atoms with van der Waals surface area (Å²) in [5.41, 5.74) is 0.716. The van der Waals surface area contributed by atoms with Gasteiger partial charge in [-0.15, -0.1) is 0 Å². The number of nitrogens with zero attached hydrogens (tertiary/aromatic N) is 2. The third kappa shape index (κ3) is 6.22. The molecule has 0 saturated carbocycles. The highest BCUT2D eigenvalue weighted by atomic mass is 35.5. The highest BCUT2D eigenvalue weighted by Gasteiger charge is 2.24. The summed E-state index contributed by atoms with van der Waals surface area (Å²) in [6.07, 6.45) is -0.0904. The molecule has 2 aromatic rings. The molecule has 3 rings (SSSR count). The van der Waals surface area contributed by atoms with Crippen LogP contribution in [-0.2, 0) is 14.8 Å². The van der Waals surface area contributed by atoms with E-state index in [9.17, 15) is 13.2 Å². The summed E-state index contributed by atoms with van der Waals surface area (Å²) in [5.74, 6) is 0.232. The average molecular weight is 480 g/mol. The van der Waals surface area contributed by atoms with Crippen LogP contribution in [0.1, 0.15) is 24.2 Å². The third-order valence-electron chi connectivity index (χ3n) is 5.26. The van der Waals surface area contributed by atoms with Crippen molar-refractivity contribution in [2.75, 3.05) is 44.1 Å². The minimum absolute atomic E-state index is 0.0321. The molecule has 1 fully saturated rings. The number of morpholine rings is 1. The van der Waals surface area contributed by atoms with E-state index in [1.165, 1.54) is 19.2 Å². The van der Waals surface area contributed by atoms with E-state index in [-0.39, 0.29) is 22.5 Å². The van der Waals surface area contributed by atoms with Gasteiger partial charge in [-0.3, -0.25) is 14.0 Å². The summed E-state index contributed by atoms with van der Waals surface area (Å²) < 4.78 is 33.1. The van der Waals surface area contributed by atoms with Gasteiger partial charge in [0.15, 0.2) is 0 Å². The molecule has 2 aromatic carbocycles. The van der Waals surface area contributed by atoms with Crippen molar-refractivity contribution in [2.45, 2.75) is 24.8 Å². The van der Waals surface area contributed by atoms with Gasteiger partial charge in [-0.25, -0.2) is 8.42 Å². The molecule has 1 unspecified atom stereocenters. The second-order valence-corrected chi connectivity index (χ2v) is 10.7. The fourth-order valence-corrected chi connectivity index (χ4v) is 5.08. The highest BCUT2D eigenvalue weighted by molar-refractivity contribution is 7.92. The Hall–Kier alpha value is -2.13. The van der Waals surface area contributed by atoms with E-state index in [2.05, 4.69) is 24.1 Å². The lowest BCUT2D eigenvalue weighted by Crippen LogP contribution is -2.48. The number of benzene rings is 2. The lowest BCUT2D eigenvalue weighted by Gasteiger charge is -2.33. The minimum Gasteiger partial charge on any atom is -0.374 e. The van der Waals surface area contributed by atoms with Crippen LogP contribution in [0.15, 0.2) is 53.4 Å². The van der Waals surface area contributed by atoms with Crippen molar-refractivity contribution in [2.24, 2.45) is 5.92 Å². The Balaban J connectivity index is 1.66. The van der Waals surface area contributed by atoms with E-state index < -0.39 is 10.0 Å². The van der Waals surface area contributed by atoms with Gasteiger partial charge in [0.1, 0.15) is 0 Å². The van der Waals surface area contributed by atoms with Crippen molar-refractivity contribution in [1.29, 1.82) is 0 Å². The van der Waals surface area contributed by atoms with E-state index >= 15 is 0 Å². The number of amides is 1. The zero-order valence-corrected chi connectivity index (χ0v) is 20.2. The van der Waals surface area contributed by atoms with Gasteiger partial charge < -0.3 is 10.1 Å². The van der Waals surface area contributed by atoms with Gasteiger partial charge in [0.05, 0.1) is 23.3 Å². The summed E-state index contributed by atoms with van der Waals surface area (Å²) in [6, 6.07) is 12.6. The molecule has 174 valence electrons. The van der Waals surface area contributed by atoms with E-state index in [1.54, 1.807) is 36.4 Å². The number of ether oxygens (including phenoxy) is 1. The van der Waals surface area contributed by atoms with Crippen molar-refractivity contribution >= 4 is 33.2 Å². The van der Waals surface area contributed by atoms with E-state index in [0.717, 1.165) is 23.9 Å². The molecule has 0 aromatic heterocycles. The zero-order valence-electron chi connectivity index (χ0n) is 18.6. The Morgan fingerprint density at radius 2 is 2.00 bits per heavy atom. The predicted molar refractivity (Wildman–Crippen MR) is 127 cm³/mol. The molecule has 1 aliphatic heterocycles. The zero-order chi connectivity index (χ0) is 23.3. The highest BCUT2D eigenvalue weighted by Crippen LogP contribution is 2.25. The Labute approximate surface area is 195 Å². The molecule has 1 aliphatic rings. The van der Waals surface area contributed by atoms with Gasteiger partial charge in [0.25, 0.3) is 15.9 Å². The number of nitrogens with one attached hydrogen (secondary N) is 1. The third-order valence-corrected chi connectivity index (χ3v) is 7.28. The molecule has 32 heavy (non-hydrogen) atoms. The lowest BCUT2D eigenvalue weighted by atomic mass is 10.1. The van der Waals surface area contributed by atoms with Crippen molar-refractivity contribution in [3.63, 3.8) is 0 Å². The molecule has 9 heteroatoms. The van der Waals surface area contributed by atoms with Crippen LogP contribution < -0.4 is 9.62 Å². The maximum atomic E-state index is 13.1. The second-order valence-electron chi connectivity index (χ2n) is 8.34. The number of halogens is 1. The van der Waals surface area contributed by atoms with Crippen LogP contribution in [0.3, 0.4) is 0 Å². The van der Waals surface area contributed by atoms with Crippen molar-refractivity contribution in [3.05, 3.63) is 59.1 Å². The molecule has 0 aliphatic carbocycles. The van der Waals surface area contributed by atoms with Gasteiger partial charge in [0, 0.05) is 43.8 Å². The van der Waals surface area contributed by atoms with Crippen LogP contribution >= 0.6 is 11.6 Å². The van der Waals surface area contributed by atoms with Crippen molar-refractivity contribution < 1.29 is 17.9 Å². The van der Waals surface area contributed by atoms with Gasteiger partial charge in [-0.05, 0) is 42.3 Å². The summed E-state index contributed by atoms with van der Waals surface area (Å²) >= 11 is 6.00. The molecule has 1 N–H and O–H groups in total. The van der Waals surface area contributed by atoms with Crippen LogP contribution in [0.5, 0.6) is 0 Å². The standard InChI is InChI=1S/C23H30ClN3O4S/c1-17(2)15-27-10-11-31-21(16-27)14-25-23(28)18-6-4-9-22(12-18)32(29,30)26(3)20-8-5-7-19(24)13-20/h4-9,12-13,17,21H,10-11,14-16H2,1-3H3,(H,25,28). The number of carbonyl (C=O) groups is 1. The van der Waals surface area contributed by atoms with Crippen molar-refractivity contribution in [1.82, 2.24) is 10.2 Å². The smallest absolute Gasteiger partial charge is 0.264 e. The Morgan fingerprint density at radius 3 is 2.72 bits per heavy atom. The van der Waals surface area contributed by atoms with Crippen LogP contribution in [0, 0.1) is 5.92 Å². The lowest BCUT2D eigenvalue weighted by molar-refractivity contribution is -0.0295. The Morgan fingerprint density at radius 1 is 1.25 bits per heavy atom. The molecule has 0 spiro atoms. The first-order valence-electron chi connectivity index (χ1n) is 10.6. The van der Waals surface area contributed by atoms with Crippen LogP contribution in [0.2, 0.25) is 5.02 Å². The maximum absolute atomic E-state index is 13.1. The van der Waals surface area contributed by atoms with E-state index in [0.29, 0.717) is 29.8 Å².